The second kappa shape index (κ2) is 12.4. The SMILES string of the molecule is CCOc1cc(/C=N/NC(=O)C(=O)Nc2ccccc2CC)ccc1OCc1cccc2ccccc12. The summed E-state index contributed by atoms with van der Waals surface area (Å²) in [4.78, 5) is 24.4. The van der Waals surface area contributed by atoms with E-state index in [2.05, 4.69) is 34.0 Å². The Labute approximate surface area is 216 Å². The summed E-state index contributed by atoms with van der Waals surface area (Å²) < 4.78 is 11.9. The summed E-state index contributed by atoms with van der Waals surface area (Å²) in [6.45, 7) is 4.72. The molecular weight excluding hydrogens is 466 g/mol. The second-order valence-corrected chi connectivity index (χ2v) is 8.23. The van der Waals surface area contributed by atoms with Crippen molar-refractivity contribution in [2.75, 3.05) is 11.9 Å². The average Bonchev–Trinajstić information content (AvgIpc) is 2.93. The number of nitrogens with one attached hydrogen (secondary N) is 2. The fourth-order valence-corrected chi connectivity index (χ4v) is 3.91. The van der Waals surface area contributed by atoms with E-state index in [1.54, 1.807) is 30.3 Å². The number of rotatable bonds is 9. The third kappa shape index (κ3) is 6.52. The number of para-hydroxylation sites is 1. The van der Waals surface area contributed by atoms with Crippen molar-refractivity contribution in [3.8, 4) is 11.5 Å². The van der Waals surface area contributed by atoms with Gasteiger partial charge in [0, 0.05) is 5.69 Å². The lowest BCUT2D eigenvalue weighted by Crippen LogP contribution is -2.32. The van der Waals surface area contributed by atoms with E-state index in [9.17, 15) is 9.59 Å². The van der Waals surface area contributed by atoms with Crippen LogP contribution >= 0.6 is 0 Å². The molecule has 2 amide bonds. The van der Waals surface area contributed by atoms with E-state index in [-0.39, 0.29) is 0 Å². The van der Waals surface area contributed by atoms with Gasteiger partial charge in [-0.15, -0.1) is 0 Å². The smallest absolute Gasteiger partial charge is 0.329 e. The summed E-state index contributed by atoms with van der Waals surface area (Å²) in [7, 11) is 0. The van der Waals surface area contributed by atoms with Crippen molar-refractivity contribution in [3.05, 3.63) is 102 Å². The summed E-state index contributed by atoms with van der Waals surface area (Å²) in [5.41, 5.74) is 5.57. The lowest BCUT2D eigenvalue weighted by molar-refractivity contribution is -0.136. The summed E-state index contributed by atoms with van der Waals surface area (Å²) in [5.74, 6) is -0.482. The number of benzene rings is 4. The summed E-state index contributed by atoms with van der Waals surface area (Å²) in [6.07, 6.45) is 2.18. The lowest BCUT2D eigenvalue weighted by Gasteiger charge is -2.13. The predicted octanol–water partition coefficient (Wildman–Crippen LogP) is 5.47. The maximum Gasteiger partial charge on any atom is 0.329 e. The van der Waals surface area contributed by atoms with Crippen LogP contribution in [0.15, 0.2) is 90.0 Å². The molecule has 0 saturated carbocycles. The Morgan fingerprint density at radius 2 is 1.57 bits per heavy atom. The van der Waals surface area contributed by atoms with Gasteiger partial charge in [0.15, 0.2) is 11.5 Å². The van der Waals surface area contributed by atoms with E-state index in [1.807, 2.05) is 50.2 Å². The van der Waals surface area contributed by atoms with Crippen LogP contribution in [-0.2, 0) is 22.6 Å². The van der Waals surface area contributed by atoms with E-state index in [0.717, 1.165) is 28.3 Å². The Morgan fingerprint density at radius 3 is 2.41 bits per heavy atom. The van der Waals surface area contributed by atoms with Crippen molar-refractivity contribution < 1.29 is 19.1 Å². The molecule has 7 nitrogen and oxygen atoms in total. The van der Waals surface area contributed by atoms with Gasteiger partial charge in [-0.2, -0.15) is 5.10 Å². The molecule has 0 bridgehead atoms. The van der Waals surface area contributed by atoms with Gasteiger partial charge in [-0.3, -0.25) is 9.59 Å². The second-order valence-electron chi connectivity index (χ2n) is 8.23. The minimum atomic E-state index is -0.859. The number of amides is 2. The van der Waals surface area contributed by atoms with Crippen LogP contribution in [-0.4, -0.2) is 24.6 Å². The standard InChI is InChI=1S/C30H29N3O4/c1-3-22-10-6-8-15-26(22)32-29(34)30(35)33-31-19-21-16-17-27(28(18-21)36-4-2)37-20-24-13-9-12-23-11-5-7-14-25(23)24/h5-19H,3-4,20H2,1-2H3,(H,32,34)(H,33,35)/b31-19+. The zero-order valence-electron chi connectivity index (χ0n) is 20.9. The Morgan fingerprint density at radius 1 is 0.811 bits per heavy atom. The number of carbonyl (C=O) groups is 2. The lowest BCUT2D eigenvalue weighted by atomic mass is 10.1. The highest BCUT2D eigenvalue weighted by atomic mass is 16.5. The Hall–Kier alpha value is -4.65. The molecule has 0 atom stereocenters. The van der Waals surface area contributed by atoms with Crippen LogP contribution in [0.2, 0.25) is 0 Å². The normalized spacial score (nSPS) is 10.9. The minimum absolute atomic E-state index is 0.390. The van der Waals surface area contributed by atoms with Crippen molar-refractivity contribution >= 4 is 34.5 Å². The average molecular weight is 496 g/mol. The third-order valence-electron chi connectivity index (χ3n) is 5.76. The van der Waals surface area contributed by atoms with E-state index in [1.165, 1.54) is 6.21 Å². The van der Waals surface area contributed by atoms with E-state index in [0.29, 0.717) is 36.0 Å². The number of anilines is 1. The molecule has 0 heterocycles. The topological polar surface area (TPSA) is 89.0 Å². The molecule has 0 saturated heterocycles. The van der Waals surface area contributed by atoms with Gasteiger partial charge in [0.2, 0.25) is 0 Å². The highest BCUT2D eigenvalue weighted by Crippen LogP contribution is 2.30. The maximum atomic E-state index is 12.2. The molecule has 2 N–H and O–H groups in total. The van der Waals surface area contributed by atoms with Crippen molar-refractivity contribution in [3.63, 3.8) is 0 Å². The third-order valence-corrected chi connectivity index (χ3v) is 5.76. The number of aryl methyl sites for hydroxylation is 1. The van der Waals surface area contributed by atoms with Gasteiger partial charge in [0.05, 0.1) is 12.8 Å². The molecule has 0 unspecified atom stereocenters. The molecule has 0 aliphatic carbocycles. The van der Waals surface area contributed by atoms with Crippen LogP contribution in [0.25, 0.3) is 10.8 Å². The molecule has 0 aliphatic heterocycles. The first kappa shape index (κ1) is 25.4. The van der Waals surface area contributed by atoms with Gasteiger partial charge in [-0.05, 0) is 65.1 Å². The Balaban J connectivity index is 1.39. The van der Waals surface area contributed by atoms with Crippen LogP contribution < -0.4 is 20.2 Å². The summed E-state index contributed by atoms with van der Waals surface area (Å²) in [6, 6.07) is 27.0. The van der Waals surface area contributed by atoms with Gasteiger partial charge in [0.1, 0.15) is 6.61 Å². The fraction of sp³-hybridized carbons (Fsp3) is 0.167. The molecule has 4 aromatic rings. The van der Waals surface area contributed by atoms with Crippen LogP contribution in [0.1, 0.15) is 30.5 Å². The van der Waals surface area contributed by atoms with Crippen molar-refractivity contribution in [2.24, 2.45) is 5.10 Å². The number of hydrogen-bond donors (Lipinski definition) is 2. The Kier molecular flexibility index (Phi) is 8.49. The quantitative estimate of drug-likeness (QED) is 0.183. The number of fused-ring (bicyclic) bond motifs is 1. The summed E-state index contributed by atoms with van der Waals surface area (Å²) in [5, 5.41) is 8.85. The fourth-order valence-electron chi connectivity index (χ4n) is 3.91. The monoisotopic (exact) mass is 495 g/mol. The molecule has 37 heavy (non-hydrogen) atoms. The number of hydrazone groups is 1. The highest BCUT2D eigenvalue weighted by molar-refractivity contribution is 6.39. The van der Waals surface area contributed by atoms with E-state index < -0.39 is 11.8 Å². The van der Waals surface area contributed by atoms with Gasteiger partial charge >= 0.3 is 11.8 Å². The first-order chi connectivity index (χ1) is 18.1. The molecule has 0 fully saturated rings. The van der Waals surface area contributed by atoms with Gasteiger partial charge in [0.25, 0.3) is 0 Å². The largest absolute Gasteiger partial charge is 0.490 e. The zero-order chi connectivity index (χ0) is 26.0. The summed E-state index contributed by atoms with van der Waals surface area (Å²) >= 11 is 0. The molecule has 4 rings (SSSR count). The molecule has 0 aromatic heterocycles. The van der Waals surface area contributed by atoms with Crippen LogP contribution in [0.3, 0.4) is 0 Å². The first-order valence-corrected chi connectivity index (χ1v) is 12.2. The number of carbonyl (C=O) groups excluding carboxylic acids is 2. The maximum absolute atomic E-state index is 12.2. The number of ether oxygens (including phenoxy) is 2. The Bertz CT molecular complexity index is 1430. The zero-order valence-corrected chi connectivity index (χ0v) is 20.9. The van der Waals surface area contributed by atoms with E-state index in [4.69, 9.17) is 9.47 Å². The van der Waals surface area contributed by atoms with E-state index >= 15 is 0 Å². The van der Waals surface area contributed by atoms with Crippen molar-refractivity contribution in [1.29, 1.82) is 0 Å². The van der Waals surface area contributed by atoms with Crippen LogP contribution in [0, 0.1) is 0 Å². The molecule has 7 heteroatoms. The minimum Gasteiger partial charge on any atom is -0.490 e. The molecular formula is C30H29N3O4. The van der Waals surface area contributed by atoms with Gasteiger partial charge in [-0.25, -0.2) is 5.43 Å². The molecule has 0 radical (unpaired) electrons. The van der Waals surface area contributed by atoms with Crippen LogP contribution in [0.5, 0.6) is 11.5 Å². The number of nitrogens with zero attached hydrogens (tertiary/aromatic N) is 1. The molecule has 188 valence electrons. The molecule has 0 aliphatic rings. The predicted molar refractivity (Wildman–Crippen MR) is 146 cm³/mol. The van der Waals surface area contributed by atoms with Gasteiger partial charge in [-0.1, -0.05) is 67.6 Å². The van der Waals surface area contributed by atoms with Gasteiger partial charge < -0.3 is 14.8 Å². The van der Waals surface area contributed by atoms with Crippen molar-refractivity contribution in [1.82, 2.24) is 5.43 Å². The molecule has 0 spiro atoms. The number of hydrogen-bond acceptors (Lipinski definition) is 5. The van der Waals surface area contributed by atoms with Crippen molar-refractivity contribution in [2.45, 2.75) is 26.9 Å². The molecule has 4 aromatic carbocycles. The van der Waals surface area contributed by atoms with Crippen LogP contribution in [0.4, 0.5) is 5.69 Å². The highest BCUT2D eigenvalue weighted by Gasteiger charge is 2.14. The first-order valence-electron chi connectivity index (χ1n) is 12.2.